The molecule has 0 unspecified atom stereocenters. The Hall–Kier alpha value is -2.60. The molecule has 1 aromatic heterocycles. The minimum absolute atomic E-state index is 0.571. The molecule has 0 radical (unpaired) electrons. The van der Waals surface area contributed by atoms with Crippen LogP contribution < -0.4 is 9.47 Å². The Morgan fingerprint density at radius 1 is 0.871 bits per heavy atom. The third-order valence-corrected chi connectivity index (χ3v) is 5.98. The van der Waals surface area contributed by atoms with Crippen molar-refractivity contribution in [3.05, 3.63) is 48.2 Å². The summed E-state index contributed by atoms with van der Waals surface area (Å²) in [5, 5.41) is 0. The predicted octanol–water partition coefficient (Wildman–Crippen LogP) is 4.60. The molecule has 3 heterocycles. The fourth-order valence-corrected chi connectivity index (χ4v) is 4.14. The second-order valence-corrected chi connectivity index (χ2v) is 8.49. The first-order valence-electron chi connectivity index (χ1n) is 11.6. The molecule has 166 valence electrons. The second-order valence-electron chi connectivity index (χ2n) is 8.49. The Kier molecular flexibility index (Phi) is 7.41. The predicted molar refractivity (Wildman–Crippen MR) is 124 cm³/mol. The molecule has 0 atom stereocenters. The van der Waals surface area contributed by atoms with Crippen LogP contribution in [0, 0.1) is 0 Å². The summed E-state index contributed by atoms with van der Waals surface area (Å²) in [4.78, 5) is 14.6. The summed E-state index contributed by atoms with van der Waals surface area (Å²) in [6.45, 7) is 10.1. The molecular formula is C25H34N4O2. The average Bonchev–Trinajstić information content (AvgIpc) is 2.79. The van der Waals surface area contributed by atoms with E-state index in [1.807, 2.05) is 30.3 Å². The van der Waals surface area contributed by atoms with Gasteiger partial charge >= 0.3 is 0 Å². The maximum absolute atomic E-state index is 6.31. The molecule has 6 heteroatoms. The van der Waals surface area contributed by atoms with Gasteiger partial charge in [-0.1, -0.05) is 18.6 Å². The molecule has 0 bridgehead atoms. The van der Waals surface area contributed by atoms with E-state index in [2.05, 4.69) is 34.7 Å². The summed E-state index contributed by atoms with van der Waals surface area (Å²) >= 11 is 0. The zero-order valence-electron chi connectivity index (χ0n) is 18.8. The lowest BCUT2D eigenvalue weighted by Gasteiger charge is -2.38. The minimum atomic E-state index is 0.571. The number of fused-ring (bicyclic) bond motifs is 2. The van der Waals surface area contributed by atoms with Gasteiger partial charge in [0, 0.05) is 45.0 Å². The van der Waals surface area contributed by atoms with E-state index in [1.54, 1.807) is 6.20 Å². The molecule has 0 aliphatic carbocycles. The summed E-state index contributed by atoms with van der Waals surface area (Å²) < 4.78 is 12.3. The quantitative estimate of drug-likeness (QED) is 0.672. The first-order chi connectivity index (χ1) is 15.2. The summed E-state index contributed by atoms with van der Waals surface area (Å²) in [6.07, 6.45) is 6.22. The molecule has 2 aromatic rings. The number of hydrogen-bond acceptors (Lipinski definition) is 6. The molecular weight excluding hydrogens is 388 g/mol. The van der Waals surface area contributed by atoms with Crippen molar-refractivity contribution in [2.24, 2.45) is 4.99 Å². The van der Waals surface area contributed by atoms with Crippen LogP contribution >= 0.6 is 0 Å². The third kappa shape index (κ3) is 5.56. The molecule has 2 aliphatic rings. The van der Waals surface area contributed by atoms with Crippen molar-refractivity contribution >= 4 is 5.84 Å². The van der Waals surface area contributed by atoms with Crippen molar-refractivity contribution in [2.75, 3.05) is 39.3 Å². The highest BCUT2D eigenvalue weighted by Crippen LogP contribution is 2.33. The fraction of sp³-hybridized carbons (Fsp3) is 0.520. The van der Waals surface area contributed by atoms with E-state index < -0.39 is 0 Å². The molecule has 31 heavy (non-hydrogen) atoms. The molecule has 2 aliphatic heterocycles. The van der Waals surface area contributed by atoms with Gasteiger partial charge in [0.15, 0.2) is 11.5 Å². The number of pyridine rings is 1. The first kappa shape index (κ1) is 21.6. The van der Waals surface area contributed by atoms with E-state index in [0.29, 0.717) is 24.3 Å². The van der Waals surface area contributed by atoms with Gasteiger partial charge in [0.25, 0.3) is 0 Å². The van der Waals surface area contributed by atoms with Crippen molar-refractivity contribution in [3.8, 4) is 17.4 Å². The lowest BCUT2D eigenvalue weighted by Crippen LogP contribution is -2.51. The van der Waals surface area contributed by atoms with E-state index in [9.17, 15) is 0 Å². The van der Waals surface area contributed by atoms with Gasteiger partial charge in [0.05, 0.1) is 12.2 Å². The highest BCUT2D eigenvalue weighted by molar-refractivity contribution is 6.00. The van der Waals surface area contributed by atoms with Gasteiger partial charge in [-0.3, -0.25) is 9.89 Å². The average molecular weight is 423 g/mol. The summed E-state index contributed by atoms with van der Waals surface area (Å²) in [5.41, 5.74) is 0.951. The van der Waals surface area contributed by atoms with Crippen molar-refractivity contribution < 1.29 is 9.47 Å². The van der Waals surface area contributed by atoms with E-state index >= 15 is 0 Å². The molecule has 1 fully saturated rings. The molecule has 1 aromatic carbocycles. The number of para-hydroxylation sites is 2. The maximum Gasteiger partial charge on any atom is 0.230 e. The summed E-state index contributed by atoms with van der Waals surface area (Å²) in [7, 11) is 0. The van der Waals surface area contributed by atoms with E-state index in [1.165, 1.54) is 6.42 Å². The number of ether oxygens (including phenoxy) is 2. The van der Waals surface area contributed by atoms with E-state index in [0.717, 1.165) is 69.1 Å². The zero-order chi connectivity index (χ0) is 21.5. The van der Waals surface area contributed by atoms with Crippen molar-refractivity contribution in [1.29, 1.82) is 0 Å². The first-order valence-corrected chi connectivity index (χ1v) is 11.6. The normalized spacial score (nSPS) is 18.8. The molecule has 0 saturated carbocycles. The molecule has 4 rings (SSSR count). The lowest BCUT2D eigenvalue weighted by atomic mass is 10.1. The Morgan fingerprint density at radius 3 is 2.45 bits per heavy atom. The van der Waals surface area contributed by atoms with Crippen LogP contribution in [0.1, 0.15) is 45.1 Å². The standard InChI is InChI=1S/C25H34N4O2/c1-20(2)28-15-17-29(18-16-28)24-21-10-9-14-27-25(21)31-23-12-6-5-11-22(23)30-19-8-4-3-7-13-26-24/h5-6,9-12,14,20H,3-4,7-8,13,15-19H2,1-2H3. The van der Waals surface area contributed by atoms with Crippen LogP contribution in [0.2, 0.25) is 0 Å². The van der Waals surface area contributed by atoms with Crippen molar-refractivity contribution in [2.45, 2.75) is 45.6 Å². The van der Waals surface area contributed by atoms with Crippen LogP contribution in [-0.4, -0.2) is 66.0 Å². The van der Waals surface area contributed by atoms with Gasteiger partial charge < -0.3 is 14.4 Å². The largest absolute Gasteiger partial charge is 0.490 e. The highest BCUT2D eigenvalue weighted by atomic mass is 16.5. The Morgan fingerprint density at radius 2 is 1.65 bits per heavy atom. The Labute approximate surface area is 185 Å². The molecule has 0 amide bonds. The minimum Gasteiger partial charge on any atom is -0.490 e. The molecule has 0 spiro atoms. The van der Waals surface area contributed by atoms with Gasteiger partial charge in [-0.05, 0) is 57.4 Å². The number of amidine groups is 1. The van der Waals surface area contributed by atoms with Crippen LogP contribution in [0.4, 0.5) is 0 Å². The molecule has 6 nitrogen and oxygen atoms in total. The number of aliphatic imine (C=N–C) groups is 1. The summed E-state index contributed by atoms with van der Waals surface area (Å²) in [5.74, 6) is 3.05. The number of aromatic nitrogens is 1. The van der Waals surface area contributed by atoms with Gasteiger partial charge in [-0.15, -0.1) is 0 Å². The number of hydrogen-bond donors (Lipinski definition) is 0. The maximum atomic E-state index is 6.31. The number of benzene rings is 1. The number of nitrogens with zero attached hydrogens (tertiary/aromatic N) is 4. The Bertz CT molecular complexity index is 875. The molecule has 1 saturated heterocycles. The lowest BCUT2D eigenvalue weighted by molar-refractivity contribution is 0.148. The summed E-state index contributed by atoms with van der Waals surface area (Å²) in [6, 6.07) is 12.5. The van der Waals surface area contributed by atoms with E-state index in [4.69, 9.17) is 14.5 Å². The van der Waals surface area contributed by atoms with Crippen molar-refractivity contribution in [1.82, 2.24) is 14.8 Å². The van der Waals surface area contributed by atoms with Gasteiger partial charge in [-0.25, -0.2) is 4.98 Å². The van der Waals surface area contributed by atoms with Crippen LogP contribution in [-0.2, 0) is 0 Å². The van der Waals surface area contributed by atoms with Crippen LogP contribution in [0.5, 0.6) is 17.4 Å². The van der Waals surface area contributed by atoms with Gasteiger partial charge in [0.1, 0.15) is 5.84 Å². The SMILES string of the molecule is CC(C)N1CCN(C2=NCCCCCCOc3ccccc3Oc3ncccc32)CC1. The topological polar surface area (TPSA) is 50.2 Å². The highest BCUT2D eigenvalue weighted by Gasteiger charge is 2.25. The van der Waals surface area contributed by atoms with Gasteiger partial charge in [-0.2, -0.15) is 0 Å². The van der Waals surface area contributed by atoms with Crippen LogP contribution in [0.25, 0.3) is 0 Å². The fourth-order valence-electron chi connectivity index (χ4n) is 4.14. The van der Waals surface area contributed by atoms with Crippen LogP contribution in [0.15, 0.2) is 47.6 Å². The van der Waals surface area contributed by atoms with E-state index in [-0.39, 0.29) is 0 Å². The Balaban J connectivity index is 1.66. The monoisotopic (exact) mass is 422 g/mol. The molecule has 0 N–H and O–H groups in total. The number of piperazine rings is 1. The smallest absolute Gasteiger partial charge is 0.230 e. The third-order valence-electron chi connectivity index (χ3n) is 5.98. The number of rotatable bonds is 1. The van der Waals surface area contributed by atoms with Crippen LogP contribution in [0.3, 0.4) is 0 Å². The second kappa shape index (κ2) is 10.6. The van der Waals surface area contributed by atoms with Gasteiger partial charge in [0.2, 0.25) is 5.88 Å². The van der Waals surface area contributed by atoms with Crippen molar-refractivity contribution in [3.63, 3.8) is 0 Å². The zero-order valence-corrected chi connectivity index (χ0v) is 18.8.